The van der Waals surface area contributed by atoms with Gasteiger partial charge in [0.15, 0.2) is 0 Å². The summed E-state index contributed by atoms with van der Waals surface area (Å²) in [5, 5.41) is 21.3. The highest BCUT2D eigenvalue weighted by Gasteiger charge is 2.35. The normalized spacial score (nSPS) is 13.5. The molecule has 0 amide bonds. The first-order valence-corrected chi connectivity index (χ1v) is 21.6. The highest BCUT2D eigenvalue weighted by atomic mass is 14.4. The van der Waals surface area contributed by atoms with Crippen LogP contribution in [0.5, 0.6) is 0 Å². The second-order valence-electron chi connectivity index (χ2n) is 18.0. The van der Waals surface area contributed by atoms with E-state index in [1.54, 1.807) is 0 Å². The Morgan fingerprint density at radius 3 is 0.984 bits per heavy atom. The molecule has 0 saturated carbocycles. The third-order valence-corrected chi connectivity index (χ3v) is 14.5. The third-order valence-electron chi connectivity index (χ3n) is 14.5. The van der Waals surface area contributed by atoms with E-state index in [0.717, 1.165) is 0 Å². The zero-order chi connectivity index (χ0) is 40.1. The predicted octanol–water partition coefficient (Wildman–Crippen LogP) is 17.1. The maximum atomic E-state index is 2.47. The van der Waals surface area contributed by atoms with Crippen molar-refractivity contribution in [2.24, 2.45) is 0 Å². The summed E-state index contributed by atoms with van der Waals surface area (Å²) in [6, 6.07) is 73.6. The Bertz CT molecular complexity index is 3680. The molecule has 0 saturated heterocycles. The summed E-state index contributed by atoms with van der Waals surface area (Å²) in [4.78, 5) is 0. The van der Waals surface area contributed by atoms with E-state index in [1.807, 2.05) is 0 Å². The van der Waals surface area contributed by atoms with Crippen molar-refractivity contribution in [1.82, 2.24) is 0 Å². The quantitative estimate of drug-likeness (QED) is 0.156. The molecule has 0 unspecified atom stereocenters. The second kappa shape index (κ2) is 11.8. The SMILES string of the molecule is CC1(C)c2cc(-c3ccc(-c4ccc5ccc6cccc7ccc4c5c67)cc3)cc3ccc4cc(-c5ccc(-c6ccc7ccc8cccc9ccc6c7c89)cc5)cc1c4c23. The molecule has 0 nitrogen and oxygen atoms in total. The van der Waals surface area contributed by atoms with Gasteiger partial charge in [0.05, 0.1) is 0 Å². The molecule has 1 aliphatic rings. The maximum Gasteiger partial charge on any atom is 0.0159 e. The largest absolute Gasteiger partial charge is 0.0610 e. The topological polar surface area (TPSA) is 0 Å². The van der Waals surface area contributed by atoms with E-state index in [4.69, 9.17) is 0 Å². The van der Waals surface area contributed by atoms with Gasteiger partial charge in [-0.1, -0.05) is 184 Å². The van der Waals surface area contributed by atoms with E-state index in [-0.39, 0.29) is 5.41 Å². The first-order valence-electron chi connectivity index (χ1n) is 21.6. The van der Waals surface area contributed by atoms with E-state index in [1.165, 1.54) is 142 Å². The fraction of sp³-hybridized carbons (Fsp3) is 0.0492. The van der Waals surface area contributed by atoms with Crippen molar-refractivity contribution in [2.75, 3.05) is 0 Å². The Morgan fingerprint density at radius 1 is 0.246 bits per heavy atom. The molecule has 0 aromatic heterocycles. The second-order valence-corrected chi connectivity index (χ2v) is 18.0. The van der Waals surface area contributed by atoms with Gasteiger partial charge in [-0.05, 0) is 166 Å². The Hall–Kier alpha value is -7.54. The lowest BCUT2D eigenvalue weighted by Crippen LogP contribution is -2.15. The smallest absolute Gasteiger partial charge is 0.0159 e. The molecule has 0 aliphatic heterocycles. The van der Waals surface area contributed by atoms with Gasteiger partial charge in [0.25, 0.3) is 0 Å². The van der Waals surface area contributed by atoms with Gasteiger partial charge < -0.3 is 0 Å². The van der Waals surface area contributed by atoms with Crippen LogP contribution in [0.1, 0.15) is 25.0 Å². The van der Waals surface area contributed by atoms with Crippen LogP contribution in [0.3, 0.4) is 0 Å². The van der Waals surface area contributed by atoms with Crippen LogP contribution in [-0.4, -0.2) is 0 Å². The van der Waals surface area contributed by atoms with Crippen molar-refractivity contribution in [3.63, 3.8) is 0 Å². The van der Waals surface area contributed by atoms with Gasteiger partial charge in [-0.2, -0.15) is 0 Å². The maximum absolute atomic E-state index is 2.47. The number of rotatable bonds is 4. The molecule has 0 bridgehead atoms. The van der Waals surface area contributed by atoms with E-state index >= 15 is 0 Å². The van der Waals surface area contributed by atoms with Gasteiger partial charge in [0.2, 0.25) is 0 Å². The van der Waals surface area contributed by atoms with Crippen LogP contribution in [0.25, 0.3) is 131 Å². The van der Waals surface area contributed by atoms with Crippen LogP contribution in [-0.2, 0) is 5.41 Å². The van der Waals surface area contributed by atoms with Gasteiger partial charge >= 0.3 is 0 Å². The Balaban J connectivity index is 0.820. The summed E-state index contributed by atoms with van der Waals surface area (Å²) in [6.07, 6.45) is 0. The molecule has 0 heterocycles. The molecule has 0 N–H and O–H groups in total. The predicted molar refractivity (Wildman–Crippen MR) is 263 cm³/mol. The summed E-state index contributed by atoms with van der Waals surface area (Å²) in [5.41, 5.74) is 12.8. The van der Waals surface area contributed by atoms with Gasteiger partial charge in [0.1, 0.15) is 0 Å². The van der Waals surface area contributed by atoms with E-state index in [2.05, 4.69) is 208 Å². The lowest BCUT2D eigenvalue weighted by molar-refractivity contribution is 0.663. The Labute approximate surface area is 353 Å². The number of hydrogen-bond acceptors (Lipinski definition) is 0. The van der Waals surface area contributed by atoms with Crippen LogP contribution in [0.4, 0.5) is 0 Å². The summed E-state index contributed by atoms with van der Waals surface area (Å²) < 4.78 is 0. The molecular weight excluding hydrogens is 733 g/mol. The molecule has 0 radical (unpaired) electrons. The molecule has 0 atom stereocenters. The van der Waals surface area contributed by atoms with Crippen LogP contribution < -0.4 is 0 Å². The summed E-state index contributed by atoms with van der Waals surface area (Å²) >= 11 is 0. The highest BCUT2D eigenvalue weighted by Crippen LogP contribution is 2.52. The van der Waals surface area contributed by atoms with Crippen molar-refractivity contribution in [3.05, 3.63) is 205 Å². The van der Waals surface area contributed by atoms with Crippen molar-refractivity contribution in [2.45, 2.75) is 19.3 Å². The van der Waals surface area contributed by atoms with Gasteiger partial charge in [-0.3, -0.25) is 0 Å². The van der Waals surface area contributed by atoms with Crippen LogP contribution in [0.2, 0.25) is 0 Å². The minimum Gasteiger partial charge on any atom is -0.0610 e. The summed E-state index contributed by atoms with van der Waals surface area (Å²) in [5.74, 6) is 0. The zero-order valence-corrected chi connectivity index (χ0v) is 34.0. The molecule has 0 fully saturated rings. The molecule has 61 heavy (non-hydrogen) atoms. The molecule has 0 spiro atoms. The first-order chi connectivity index (χ1) is 30.0. The van der Waals surface area contributed by atoms with E-state index < -0.39 is 0 Å². The average Bonchev–Trinajstić information content (AvgIpc) is 3.55. The van der Waals surface area contributed by atoms with Crippen LogP contribution in [0, 0.1) is 0 Å². The summed E-state index contributed by atoms with van der Waals surface area (Å²) in [6.45, 7) is 4.83. The molecular formula is C61H38. The van der Waals surface area contributed by atoms with Crippen LogP contribution in [0.15, 0.2) is 194 Å². The zero-order valence-electron chi connectivity index (χ0n) is 34.0. The van der Waals surface area contributed by atoms with Crippen molar-refractivity contribution < 1.29 is 0 Å². The molecule has 14 rings (SSSR count). The molecule has 13 aromatic carbocycles. The van der Waals surface area contributed by atoms with E-state index in [9.17, 15) is 0 Å². The fourth-order valence-corrected chi connectivity index (χ4v) is 11.5. The Morgan fingerprint density at radius 2 is 0.574 bits per heavy atom. The minimum atomic E-state index is -0.143. The van der Waals surface area contributed by atoms with Crippen molar-refractivity contribution in [3.8, 4) is 44.5 Å². The lowest BCUT2D eigenvalue weighted by Gasteiger charge is -2.23. The first kappa shape index (κ1) is 33.3. The third kappa shape index (κ3) is 4.54. The highest BCUT2D eigenvalue weighted by molar-refractivity contribution is 6.27. The monoisotopic (exact) mass is 770 g/mol. The summed E-state index contributed by atoms with van der Waals surface area (Å²) in [7, 11) is 0. The van der Waals surface area contributed by atoms with Gasteiger partial charge in [0, 0.05) is 5.41 Å². The van der Waals surface area contributed by atoms with Gasteiger partial charge in [-0.25, -0.2) is 0 Å². The lowest BCUT2D eigenvalue weighted by atomic mass is 9.80. The minimum absolute atomic E-state index is 0.143. The molecule has 13 aromatic rings. The van der Waals surface area contributed by atoms with Crippen molar-refractivity contribution in [1.29, 1.82) is 0 Å². The molecule has 1 aliphatic carbocycles. The number of benzene rings is 13. The van der Waals surface area contributed by atoms with E-state index in [0.29, 0.717) is 0 Å². The fourth-order valence-electron chi connectivity index (χ4n) is 11.5. The Kier molecular flexibility index (Phi) is 6.45. The standard InChI is InChI=1S/C61H38/c1-61(2)53-33-47(35-9-13-37(14-10-35)49-27-23-43-19-17-39-5-3-7-41-25-29-51(49)57(43)55(39)41)31-45-21-22-46-32-48(34-54(61)60(46)59(45)53)36-11-15-38(16-12-36)50-28-24-44-20-18-40-6-4-8-42-26-30-52(50)58(44)56(40)42/h3-34H,1-2H3. The van der Waals surface area contributed by atoms with Crippen molar-refractivity contribution >= 4 is 86.2 Å². The van der Waals surface area contributed by atoms with Crippen LogP contribution >= 0.6 is 0 Å². The average molecular weight is 771 g/mol. The molecule has 0 heteroatoms. The molecule has 282 valence electrons. The number of hydrogen-bond donors (Lipinski definition) is 0. The van der Waals surface area contributed by atoms with Gasteiger partial charge in [-0.15, -0.1) is 0 Å².